The lowest BCUT2D eigenvalue weighted by Gasteiger charge is -2.19. The lowest BCUT2D eigenvalue weighted by molar-refractivity contribution is -0.129. The summed E-state index contributed by atoms with van der Waals surface area (Å²) < 4.78 is 24.9. The van der Waals surface area contributed by atoms with Crippen molar-refractivity contribution < 1.29 is 13.2 Å². The number of carbonyl (C=O) groups is 1. The van der Waals surface area contributed by atoms with Crippen molar-refractivity contribution in [1.29, 1.82) is 0 Å². The average Bonchev–Trinajstić information content (AvgIpc) is 2.76. The van der Waals surface area contributed by atoms with Crippen LogP contribution in [0.5, 0.6) is 0 Å². The maximum atomic E-state index is 12.1. The van der Waals surface area contributed by atoms with E-state index in [9.17, 15) is 13.2 Å². The van der Waals surface area contributed by atoms with Crippen molar-refractivity contribution in [3.8, 4) is 0 Å². The zero-order valence-electron chi connectivity index (χ0n) is 11.4. The second-order valence-electron chi connectivity index (χ2n) is 5.50. The van der Waals surface area contributed by atoms with Crippen LogP contribution in [0.2, 0.25) is 0 Å². The van der Waals surface area contributed by atoms with E-state index < -0.39 is 10.0 Å². The molecule has 0 aromatic heterocycles. The molecule has 0 saturated carbocycles. The van der Waals surface area contributed by atoms with Gasteiger partial charge in [0.25, 0.3) is 0 Å². The van der Waals surface area contributed by atoms with Gasteiger partial charge in [-0.15, -0.1) is 0 Å². The lowest BCUT2D eigenvalue weighted by atomic mass is 9.97. The second kappa shape index (κ2) is 6.05. The molecule has 108 valence electrons. The van der Waals surface area contributed by atoms with E-state index in [4.69, 9.17) is 0 Å². The number of nitrogens with zero attached hydrogens (tertiary/aromatic N) is 1. The number of hydrogen-bond acceptors (Lipinski definition) is 3. The van der Waals surface area contributed by atoms with Crippen LogP contribution in [-0.4, -0.2) is 44.6 Å². The summed E-state index contributed by atoms with van der Waals surface area (Å²) in [5.74, 6) is 0.131. The zero-order chi connectivity index (χ0) is 13.9. The molecule has 1 fully saturated rings. The van der Waals surface area contributed by atoms with Gasteiger partial charge >= 0.3 is 0 Å². The molecule has 0 bridgehead atoms. The van der Waals surface area contributed by atoms with Gasteiger partial charge in [0.15, 0.2) is 0 Å². The molecule has 1 N–H and O–H groups in total. The summed E-state index contributed by atoms with van der Waals surface area (Å²) in [6, 6.07) is -0.126. The number of allylic oxidation sites excluding steroid dienone is 1. The van der Waals surface area contributed by atoms with Crippen LogP contribution in [0.15, 0.2) is 11.6 Å². The predicted octanol–water partition coefficient (Wildman–Crippen LogP) is 1.03. The third-order valence-corrected chi connectivity index (χ3v) is 4.45. The Morgan fingerprint density at radius 3 is 2.89 bits per heavy atom. The summed E-state index contributed by atoms with van der Waals surface area (Å²) in [7, 11) is -3.18. The molecule has 0 aromatic rings. The molecule has 0 radical (unpaired) electrons. The predicted molar refractivity (Wildman–Crippen MR) is 74.1 cm³/mol. The van der Waals surface area contributed by atoms with Gasteiger partial charge in [-0.1, -0.05) is 11.6 Å². The van der Waals surface area contributed by atoms with E-state index in [1.165, 1.54) is 18.4 Å². The average molecular weight is 286 g/mol. The Balaban J connectivity index is 1.83. The molecule has 2 aliphatic rings. The van der Waals surface area contributed by atoms with E-state index in [1.807, 2.05) is 0 Å². The first-order chi connectivity index (χ1) is 8.94. The maximum Gasteiger partial charge on any atom is 0.226 e. The first-order valence-electron chi connectivity index (χ1n) is 6.87. The summed E-state index contributed by atoms with van der Waals surface area (Å²) >= 11 is 0. The van der Waals surface area contributed by atoms with E-state index in [2.05, 4.69) is 10.8 Å². The SMILES string of the molecule is CS(=O)(=O)N[C@H]1CCN(C(=O)CC2=CCCCC2)C1. The van der Waals surface area contributed by atoms with Crippen molar-refractivity contribution >= 4 is 15.9 Å². The molecule has 0 aromatic carbocycles. The monoisotopic (exact) mass is 286 g/mol. The Hall–Kier alpha value is -0.880. The molecule has 1 amide bonds. The van der Waals surface area contributed by atoms with E-state index in [-0.39, 0.29) is 11.9 Å². The Labute approximate surface area is 115 Å². The third-order valence-electron chi connectivity index (χ3n) is 3.69. The fraction of sp³-hybridized carbons (Fsp3) is 0.769. The Morgan fingerprint density at radius 1 is 1.47 bits per heavy atom. The number of rotatable bonds is 4. The topological polar surface area (TPSA) is 66.5 Å². The highest BCUT2D eigenvalue weighted by molar-refractivity contribution is 7.88. The summed E-state index contributed by atoms with van der Waals surface area (Å²) in [5, 5.41) is 0. The van der Waals surface area contributed by atoms with Gasteiger partial charge in [0, 0.05) is 25.6 Å². The van der Waals surface area contributed by atoms with Crippen LogP contribution < -0.4 is 4.72 Å². The number of likely N-dealkylation sites (tertiary alicyclic amines) is 1. The normalized spacial score (nSPS) is 24.4. The molecule has 6 heteroatoms. The Bertz CT molecular complexity index is 470. The minimum atomic E-state index is -3.18. The van der Waals surface area contributed by atoms with Gasteiger partial charge in [-0.2, -0.15) is 0 Å². The zero-order valence-corrected chi connectivity index (χ0v) is 12.2. The van der Waals surface area contributed by atoms with Gasteiger partial charge in [-0.05, 0) is 32.1 Å². The van der Waals surface area contributed by atoms with Gasteiger partial charge in [0.05, 0.1) is 6.26 Å². The van der Waals surface area contributed by atoms with E-state index in [1.54, 1.807) is 4.90 Å². The lowest BCUT2D eigenvalue weighted by Crippen LogP contribution is -2.37. The molecule has 1 aliphatic heterocycles. The molecule has 1 atom stereocenters. The largest absolute Gasteiger partial charge is 0.341 e. The van der Waals surface area contributed by atoms with Crippen LogP contribution in [0.3, 0.4) is 0 Å². The number of nitrogens with one attached hydrogen (secondary N) is 1. The molecular weight excluding hydrogens is 264 g/mol. The quantitative estimate of drug-likeness (QED) is 0.785. The number of sulfonamides is 1. The summed E-state index contributed by atoms with van der Waals surface area (Å²) in [6.45, 7) is 1.15. The third kappa shape index (κ3) is 4.62. The van der Waals surface area contributed by atoms with Crippen LogP contribution in [0.4, 0.5) is 0 Å². The minimum Gasteiger partial charge on any atom is -0.341 e. The van der Waals surface area contributed by atoms with Crippen molar-refractivity contribution in [2.24, 2.45) is 0 Å². The first-order valence-corrected chi connectivity index (χ1v) is 8.76. The van der Waals surface area contributed by atoms with Crippen LogP contribution in [0.25, 0.3) is 0 Å². The molecule has 1 saturated heterocycles. The van der Waals surface area contributed by atoms with Crippen LogP contribution in [0, 0.1) is 0 Å². The smallest absolute Gasteiger partial charge is 0.226 e. The number of hydrogen-bond donors (Lipinski definition) is 1. The molecular formula is C13H22N2O3S. The standard InChI is InChI=1S/C13H22N2O3S/c1-19(17,18)14-12-7-8-15(10-12)13(16)9-11-5-3-2-4-6-11/h5,12,14H,2-4,6-10H2,1H3/t12-/m0/s1. The summed E-state index contributed by atoms with van der Waals surface area (Å²) in [5.41, 5.74) is 1.25. The number of amides is 1. The van der Waals surface area contributed by atoms with Crippen LogP contribution in [0.1, 0.15) is 38.5 Å². The van der Waals surface area contributed by atoms with Crippen LogP contribution in [-0.2, 0) is 14.8 Å². The van der Waals surface area contributed by atoms with Gasteiger partial charge < -0.3 is 4.90 Å². The molecule has 0 unspecified atom stereocenters. The van der Waals surface area contributed by atoms with Crippen LogP contribution >= 0.6 is 0 Å². The fourth-order valence-corrected chi connectivity index (χ4v) is 3.55. The Kier molecular flexibility index (Phi) is 4.62. The van der Waals surface area contributed by atoms with Gasteiger partial charge in [-0.3, -0.25) is 4.79 Å². The highest BCUT2D eigenvalue weighted by Gasteiger charge is 2.28. The first kappa shape index (κ1) is 14.5. The maximum absolute atomic E-state index is 12.1. The van der Waals surface area contributed by atoms with Crippen molar-refractivity contribution in [2.45, 2.75) is 44.6 Å². The molecule has 0 spiro atoms. The molecule has 19 heavy (non-hydrogen) atoms. The molecule has 2 rings (SSSR count). The number of carbonyl (C=O) groups excluding carboxylic acids is 1. The van der Waals surface area contributed by atoms with Gasteiger partial charge in [-0.25, -0.2) is 13.1 Å². The van der Waals surface area contributed by atoms with Crippen molar-refractivity contribution in [3.05, 3.63) is 11.6 Å². The van der Waals surface area contributed by atoms with E-state index in [0.29, 0.717) is 25.9 Å². The summed E-state index contributed by atoms with van der Waals surface area (Å²) in [6.07, 6.45) is 9.07. The van der Waals surface area contributed by atoms with Gasteiger partial charge in [0.2, 0.25) is 15.9 Å². The van der Waals surface area contributed by atoms with E-state index >= 15 is 0 Å². The summed E-state index contributed by atoms with van der Waals surface area (Å²) in [4.78, 5) is 13.9. The highest BCUT2D eigenvalue weighted by Crippen LogP contribution is 2.22. The van der Waals surface area contributed by atoms with Gasteiger partial charge in [0.1, 0.15) is 0 Å². The second-order valence-corrected chi connectivity index (χ2v) is 7.28. The van der Waals surface area contributed by atoms with Crippen molar-refractivity contribution in [3.63, 3.8) is 0 Å². The van der Waals surface area contributed by atoms with Crippen molar-refractivity contribution in [1.82, 2.24) is 9.62 Å². The molecule has 1 aliphatic carbocycles. The Morgan fingerprint density at radius 2 is 2.26 bits per heavy atom. The van der Waals surface area contributed by atoms with Crippen molar-refractivity contribution in [2.75, 3.05) is 19.3 Å². The van der Waals surface area contributed by atoms with E-state index in [0.717, 1.165) is 19.1 Å². The minimum absolute atomic E-state index is 0.126. The fourth-order valence-electron chi connectivity index (χ4n) is 2.76. The molecule has 5 nitrogen and oxygen atoms in total. The molecule has 1 heterocycles. The highest BCUT2D eigenvalue weighted by atomic mass is 32.2.